The summed E-state index contributed by atoms with van der Waals surface area (Å²) in [5.74, 6) is 1.44. The van der Waals surface area contributed by atoms with E-state index in [1.54, 1.807) is 0 Å². The number of nitrogens with zero attached hydrogens (tertiary/aromatic N) is 4. The van der Waals surface area contributed by atoms with Crippen molar-refractivity contribution in [3.05, 3.63) is 169 Å². The Kier molecular flexibility index (Phi) is 8.61. The quantitative estimate of drug-likeness (QED) is 0.0982. The molecule has 0 unspecified atom stereocenters. The van der Waals surface area contributed by atoms with Crippen LogP contribution in [-0.2, 0) is 27.2 Å². The summed E-state index contributed by atoms with van der Waals surface area (Å²) >= 11 is 0. The second-order valence-electron chi connectivity index (χ2n) is 14.9. The second kappa shape index (κ2) is 13.5. The molecule has 0 atom stereocenters. The monoisotopic (exact) mass is 888 g/mol. The molecular weight excluding hydrogens is 849 g/mol. The zero-order valence-electron chi connectivity index (χ0n) is 31.5. The van der Waals surface area contributed by atoms with E-state index in [2.05, 4.69) is 183 Å². The number of aryl methyl sites for hydroxylation is 2. The Morgan fingerprint density at radius 2 is 1.38 bits per heavy atom. The molecule has 1 aromatic heterocycles. The van der Waals surface area contributed by atoms with E-state index in [1.165, 1.54) is 82.3 Å². The fraction of sp³-hybridized carbons (Fsp3) is 0.120. The molecule has 2 aliphatic rings. The van der Waals surface area contributed by atoms with Crippen LogP contribution < -0.4 is 4.90 Å². The Hall–Kier alpha value is -5.74. The Balaban J connectivity index is 0.000000175. The Labute approximate surface area is 335 Å². The molecule has 11 rings (SSSR count). The third-order valence-corrected chi connectivity index (χ3v) is 11.2. The SMILES string of the molecule is CN1C=C2c3ccccc3-c3ccc[c-]c3N2[CH-]1.Cc1cccc(C(C)C)c1-c1nc2c3[c-]cccc3c3cc4ccc5ccccc5c4cc3c2n1C.[Ir+3]. The number of rotatable bonds is 2. The zero-order chi connectivity index (χ0) is 36.7. The fourth-order valence-corrected chi connectivity index (χ4v) is 8.71. The van der Waals surface area contributed by atoms with E-state index in [-0.39, 0.29) is 20.1 Å². The van der Waals surface area contributed by atoms with Crippen molar-refractivity contribution < 1.29 is 20.1 Å². The smallest absolute Gasteiger partial charge is 0.510 e. The van der Waals surface area contributed by atoms with Gasteiger partial charge in [-0.25, -0.2) is 0 Å². The van der Waals surface area contributed by atoms with Gasteiger partial charge in [0.2, 0.25) is 0 Å². The molecule has 0 bridgehead atoms. The molecule has 55 heavy (non-hydrogen) atoms. The average molecular weight is 888 g/mol. The molecule has 8 aromatic carbocycles. The minimum Gasteiger partial charge on any atom is -0.510 e. The van der Waals surface area contributed by atoms with Gasteiger partial charge in [-0.15, -0.1) is 35.2 Å². The molecule has 5 heteroatoms. The summed E-state index contributed by atoms with van der Waals surface area (Å²) in [4.78, 5) is 9.63. The summed E-state index contributed by atoms with van der Waals surface area (Å²) < 4.78 is 2.31. The zero-order valence-corrected chi connectivity index (χ0v) is 33.9. The first kappa shape index (κ1) is 35.0. The van der Waals surface area contributed by atoms with Crippen LogP contribution in [0.3, 0.4) is 0 Å². The van der Waals surface area contributed by atoms with Gasteiger partial charge in [-0.05, 0) is 75.8 Å². The van der Waals surface area contributed by atoms with Crippen LogP contribution in [0.4, 0.5) is 5.69 Å². The summed E-state index contributed by atoms with van der Waals surface area (Å²) in [7, 11) is 4.22. The van der Waals surface area contributed by atoms with Gasteiger partial charge in [0.05, 0.1) is 0 Å². The van der Waals surface area contributed by atoms with Crippen LogP contribution >= 0.6 is 0 Å². The molecule has 4 nitrogen and oxygen atoms in total. The number of benzene rings is 8. The van der Waals surface area contributed by atoms with Crippen LogP contribution in [0.25, 0.3) is 82.3 Å². The predicted octanol–water partition coefficient (Wildman–Crippen LogP) is 12.4. The van der Waals surface area contributed by atoms with E-state index in [9.17, 15) is 0 Å². The molecule has 0 radical (unpaired) electrons. The van der Waals surface area contributed by atoms with Gasteiger partial charge in [-0.3, -0.25) is 4.98 Å². The Morgan fingerprint density at radius 1 is 0.655 bits per heavy atom. The molecule has 0 fully saturated rings. The second-order valence-corrected chi connectivity index (χ2v) is 14.9. The van der Waals surface area contributed by atoms with Gasteiger partial charge in [0.25, 0.3) is 0 Å². The maximum absolute atomic E-state index is 5.34. The van der Waals surface area contributed by atoms with Gasteiger partial charge in [-0.2, -0.15) is 30.9 Å². The summed E-state index contributed by atoms with van der Waals surface area (Å²) in [6, 6.07) is 52.4. The topological polar surface area (TPSA) is 24.3 Å². The molecule has 0 saturated carbocycles. The minimum atomic E-state index is 0. The van der Waals surface area contributed by atoms with Gasteiger partial charge in [0.15, 0.2) is 0 Å². The van der Waals surface area contributed by atoms with Crippen LogP contribution in [0.1, 0.15) is 36.5 Å². The van der Waals surface area contributed by atoms with Crippen LogP contribution in [-0.4, -0.2) is 21.5 Å². The van der Waals surface area contributed by atoms with Crippen LogP contribution in [0, 0.1) is 25.7 Å². The standard InChI is InChI=1S/C34H27N2.C16H12N2.Ir/c1-20(2)24-15-9-10-21(3)31(24)34-35-32-27-14-8-7-13-26(27)29-18-23-17-16-22-11-5-6-12-25(22)28(23)19-30(29)33(32)36(34)4;1-17-10-16-14-8-3-2-6-12(14)13-7-4-5-9-15(13)18(16)11-17;/h5-13,15-20H,1-4H3;2-8,10-11H,1H3;/q-1;-2;+3. The maximum atomic E-state index is 5.34. The number of hydrogen-bond donors (Lipinski definition) is 0. The molecule has 3 heterocycles. The van der Waals surface area contributed by atoms with Gasteiger partial charge in [-0.1, -0.05) is 121 Å². The van der Waals surface area contributed by atoms with Gasteiger partial charge < -0.3 is 14.4 Å². The predicted molar refractivity (Wildman–Crippen MR) is 227 cm³/mol. The van der Waals surface area contributed by atoms with E-state index in [1.807, 2.05) is 18.2 Å². The largest absolute Gasteiger partial charge is 3.00 e. The number of para-hydroxylation sites is 1. The fourth-order valence-electron chi connectivity index (χ4n) is 8.71. The Bertz CT molecular complexity index is 3010. The number of hydrogen-bond acceptors (Lipinski definition) is 3. The maximum Gasteiger partial charge on any atom is 3.00 e. The molecule has 0 saturated heterocycles. The third kappa shape index (κ3) is 5.48. The van der Waals surface area contributed by atoms with Crippen LogP contribution in [0.5, 0.6) is 0 Å². The summed E-state index contributed by atoms with van der Waals surface area (Å²) in [5.41, 5.74) is 12.2. The number of fused-ring (bicyclic) bond motifs is 15. The van der Waals surface area contributed by atoms with Crippen molar-refractivity contribution in [2.75, 3.05) is 11.9 Å². The van der Waals surface area contributed by atoms with E-state index >= 15 is 0 Å². The van der Waals surface area contributed by atoms with Crippen molar-refractivity contribution in [2.24, 2.45) is 7.05 Å². The first-order valence-corrected chi connectivity index (χ1v) is 18.7. The number of imidazole rings is 1. The summed E-state index contributed by atoms with van der Waals surface area (Å²) in [6.07, 6.45) is 2.16. The first-order valence-electron chi connectivity index (χ1n) is 18.7. The minimum absolute atomic E-state index is 0. The normalized spacial score (nSPS) is 13.2. The molecule has 9 aromatic rings. The molecule has 0 N–H and O–H groups in total. The van der Waals surface area contributed by atoms with Crippen LogP contribution in [0.15, 0.2) is 134 Å². The van der Waals surface area contributed by atoms with Gasteiger partial charge in [0, 0.05) is 29.3 Å². The van der Waals surface area contributed by atoms with Crippen LogP contribution in [0.2, 0.25) is 0 Å². The van der Waals surface area contributed by atoms with Crippen molar-refractivity contribution in [2.45, 2.75) is 26.7 Å². The molecular formula is C50H39IrN4. The van der Waals surface area contributed by atoms with Gasteiger partial charge >= 0.3 is 20.1 Å². The molecule has 268 valence electrons. The average Bonchev–Trinajstić information content (AvgIpc) is 3.77. The number of anilines is 1. The molecule has 2 aliphatic heterocycles. The third-order valence-electron chi connectivity index (χ3n) is 11.2. The summed E-state index contributed by atoms with van der Waals surface area (Å²) in [6.45, 7) is 8.82. The molecule has 0 spiro atoms. The van der Waals surface area contributed by atoms with E-state index in [0.29, 0.717) is 5.92 Å². The van der Waals surface area contributed by atoms with Crippen molar-refractivity contribution in [1.82, 2.24) is 14.5 Å². The van der Waals surface area contributed by atoms with Crippen molar-refractivity contribution in [3.63, 3.8) is 0 Å². The van der Waals surface area contributed by atoms with Crippen molar-refractivity contribution >= 4 is 65.5 Å². The van der Waals surface area contributed by atoms with E-state index < -0.39 is 0 Å². The molecule has 0 aliphatic carbocycles. The van der Waals surface area contributed by atoms with Gasteiger partial charge in [0.1, 0.15) is 5.82 Å². The van der Waals surface area contributed by atoms with E-state index in [4.69, 9.17) is 4.98 Å². The Morgan fingerprint density at radius 3 is 2.24 bits per heavy atom. The number of aromatic nitrogens is 2. The van der Waals surface area contributed by atoms with Crippen molar-refractivity contribution in [1.29, 1.82) is 0 Å². The molecule has 0 amide bonds. The van der Waals surface area contributed by atoms with E-state index in [0.717, 1.165) is 22.4 Å². The first-order chi connectivity index (χ1) is 26.4. The summed E-state index contributed by atoms with van der Waals surface area (Å²) in [5, 5.41) is 9.87. The van der Waals surface area contributed by atoms with Crippen molar-refractivity contribution in [3.8, 4) is 22.5 Å².